The van der Waals surface area contributed by atoms with Crippen LogP contribution in [-0.2, 0) is 9.53 Å². The van der Waals surface area contributed by atoms with Gasteiger partial charge >= 0.3 is 5.97 Å². The molecule has 0 aromatic heterocycles. The monoisotopic (exact) mass is 430 g/mol. The van der Waals surface area contributed by atoms with Crippen molar-refractivity contribution in [2.24, 2.45) is 5.92 Å². The van der Waals surface area contributed by atoms with E-state index in [0.29, 0.717) is 18.9 Å². The summed E-state index contributed by atoms with van der Waals surface area (Å²) in [6, 6.07) is 0. The van der Waals surface area contributed by atoms with Crippen LogP contribution in [-0.4, -0.2) is 47.2 Å². The molecule has 0 fully saturated rings. The van der Waals surface area contributed by atoms with Crippen LogP contribution < -0.4 is 0 Å². The number of ether oxygens (including phenoxy) is 1. The van der Waals surface area contributed by atoms with Gasteiger partial charge in [0.05, 0.1) is 19.8 Å². The molecule has 0 spiro atoms. The smallest absolute Gasteiger partial charge is 0.305 e. The number of carbonyl (C=O) groups excluding carboxylic acids is 1. The van der Waals surface area contributed by atoms with Gasteiger partial charge in [0.1, 0.15) is 6.10 Å². The highest BCUT2D eigenvalue weighted by molar-refractivity contribution is 5.69. The Morgan fingerprint density at radius 3 is 1.70 bits per heavy atom. The highest BCUT2D eigenvalue weighted by Crippen LogP contribution is 2.10. The fourth-order valence-corrected chi connectivity index (χ4v) is 2.73. The summed E-state index contributed by atoms with van der Waals surface area (Å²) in [5.41, 5.74) is 0. The Balaban J connectivity index is 0. The van der Waals surface area contributed by atoms with Crippen molar-refractivity contribution in [1.82, 2.24) is 0 Å². The van der Waals surface area contributed by atoms with Crippen molar-refractivity contribution in [2.75, 3.05) is 19.8 Å². The molecule has 30 heavy (non-hydrogen) atoms. The highest BCUT2D eigenvalue weighted by atomic mass is 16.5. The van der Waals surface area contributed by atoms with Crippen LogP contribution in [0.1, 0.15) is 111 Å². The number of allylic oxidation sites excluding steroid dienone is 2. The summed E-state index contributed by atoms with van der Waals surface area (Å²) in [5, 5.41) is 24.0. The molecule has 3 N–H and O–H groups in total. The van der Waals surface area contributed by atoms with Crippen LogP contribution in [0.5, 0.6) is 0 Å². The summed E-state index contributed by atoms with van der Waals surface area (Å²) in [4.78, 5) is 11.5. The predicted octanol–water partition coefficient (Wildman–Crippen LogP) is 5.56. The van der Waals surface area contributed by atoms with Gasteiger partial charge in [0.15, 0.2) is 0 Å². The van der Waals surface area contributed by atoms with E-state index in [1.807, 2.05) is 0 Å². The van der Waals surface area contributed by atoms with E-state index in [1.165, 1.54) is 70.6 Å². The average molecular weight is 431 g/mol. The molecule has 0 rings (SSSR count). The third kappa shape index (κ3) is 29.3. The molecule has 0 unspecified atom stereocenters. The molecule has 0 aliphatic rings. The minimum atomic E-state index is -0.954. The zero-order chi connectivity index (χ0) is 22.9. The largest absolute Gasteiger partial charge is 0.465 e. The van der Waals surface area contributed by atoms with Gasteiger partial charge in [0.25, 0.3) is 0 Å². The zero-order valence-electron chi connectivity index (χ0n) is 20.0. The number of hydrogen-bond donors (Lipinski definition) is 3. The van der Waals surface area contributed by atoms with Crippen molar-refractivity contribution < 1.29 is 24.9 Å². The molecule has 0 aromatic rings. The fourth-order valence-electron chi connectivity index (χ4n) is 2.73. The molecule has 0 atom stereocenters. The number of unbranched alkanes of at least 4 members (excludes halogenated alkanes) is 11. The lowest BCUT2D eigenvalue weighted by Gasteiger charge is -2.06. The first-order valence-electron chi connectivity index (χ1n) is 12.2. The van der Waals surface area contributed by atoms with Crippen molar-refractivity contribution >= 4 is 5.97 Å². The van der Waals surface area contributed by atoms with Crippen LogP contribution in [0.15, 0.2) is 12.2 Å². The third-order valence-electron chi connectivity index (χ3n) is 4.64. The summed E-state index contributed by atoms with van der Waals surface area (Å²) in [5.74, 6) is 0.407. The standard InChI is InChI=1S/C22H42O2.C3H8O3/c1-4-5-6-7-8-9-10-11-12-13-14-15-16-17-18-19-22(23)24-20-21(2)3;4-1-3(6)2-5/h11-12,21H,4-10,13-20H2,1-3H3;3-6H,1-2H2/b12-11-;. The SMILES string of the molecule is CCCCCCCC/C=C\CCCCCCCC(=O)OCC(C)C.OCC(O)CO. The Labute approximate surface area is 185 Å². The molecule has 0 aromatic carbocycles. The van der Waals surface area contributed by atoms with Crippen LogP contribution in [0.2, 0.25) is 0 Å². The van der Waals surface area contributed by atoms with Gasteiger partial charge < -0.3 is 20.1 Å². The number of aliphatic hydroxyl groups excluding tert-OH is 3. The lowest BCUT2D eigenvalue weighted by atomic mass is 10.1. The molecule has 5 nitrogen and oxygen atoms in total. The van der Waals surface area contributed by atoms with Gasteiger partial charge in [-0.1, -0.05) is 84.3 Å². The Kier molecular flexibility index (Phi) is 27.2. The van der Waals surface area contributed by atoms with Gasteiger partial charge in [-0.3, -0.25) is 4.79 Å². The lowest BCUT2D eigenvalue weighted by molar-refractivity contribution is -0.144. The van der Waals surface area contributed by atoms with Gasteiger partial charge in [-0.15, -0.1) is 0 Å². The Morgan fingerprint density at radius 1 is 0.800 bits per heavy atom. The minimum absolute atomic E-state index is 0.0265. The molecule has 0 bridgehead atoms. The van der Waals surface area contributed by atoms with Crippen molar-refractivity contribution in [3.8, 4) is 0 Å². The summed E-state index contributed by atoms with van der Waals surface area (Å²) >= 11 is 0. The molecule has 0 heterocycles. The van der Waals surface area contributed by atoms with E-state index in [9.17, 15) is 4.79 Å². The summed E-state index contributed by atoms with van der Waals surface area (Å²) in [7, 11) is 0. The van der Waals surface area contributed by atoms with Gasteiger partial charge in [0, 0.05) is 6.42 Å². The molecular formula is C25H50O5. The number of hydrogen-bond acceptors (Lipinski definition) is 5. The van der Waals surface area contributed by atoms with E-state index >= 15 is 0 Å². The first-order chi connectivity index (χ1) is 14.5. The number of carbonyl (C=O) groups is 1. The molecule has 0 aliphatic heterocycles. The second-order valence-electron chi connectivity index (χ2n) is 8.43. The van der Waals surface area contributed by atoms with Gasteiger partial charge in [-0.2, -0.15) is 0 Å². The normalized spacial score (nSPS) is 11.2. The van der Waals surface area contributed by atoms with E-state index in [-0.39, 0.29) is 19.2 Å². The maximum Gasteiger partial charge on any atom is 0.305 e. The van der Waals surface area contributed by atoms with E-state index in [4.69, 9.17) is 20.1 Å². The summed E-state index contributed by atoms with van der Waals surface area (Å²) in [6.45, 7) is 6.23. The maximum atomic E-state index is 11.5. The number of rotatable bonds is 19. The van der Waals surface area contributed by atoms with Crippen molar-refractivity contribution in [3.63, 3.8) is 0 Å². The van der Waals surface area contributed by atoms with Crippen molar-refractivity contribution in [1.29, 1.82) is 0 Å². The van der Waals surface area contributed by atoms with Gasteiger partial charge in [-0.05, 0) is 38.0 Å². The second kappa shape index (κ2) is 26.1. The van der Waals surface area contributed by atoms with Crippen LogP contribution in [0, 0.1) is 5.92 Å². The quantitative estimate of drug-likeness (QED) is 0.142. The molecule has 0 saturated heterocycles. The van der Waals surface area contributed by atoms with Crippen LogP contribution in [0.3, 0.4) is 0 Å². The minimum Gasteiger partial charge on any atom is -0.465 e. The topological polar surface area (TPSA) is 87.0 Å². The molecule has 5 heteroatoms. The van der Waals surface area contributed by atoms with Crippen LogP contribution >= 0.6 is 0 Å². The maximum absolute atomic E-state index is 11.5. The molecule has 0 amide bonds. The molecule has 0 saturated carbocycles. The lowest BCUT2D eigenvalue weighted by Crippen LogP contribution is -2.15. The van der Waals surface area contributed by atoms with Gasteiger partial charge in [0.2, 0.25) is 0 Å². The van der Waals surface area contributed by atoms with E-state index in [1.54, 1.807) is 0 Å². The van der Waals surface area contributed by atoms with E-state index in [2.05, 4.69) is 32.9 Å². The molecule has 180 valence electrons. The fraction of sp³-hybridized carbons (Fsp3) is 0.880. The molecule has 0 radical (unpaired) electrons. The zero-order valence-corrected chi connectivity index (χ0v) is 20.0. The second-order valence-corrected chi connectivity index (χ2v) is 8.43. The number of esters is 1. The number of aliphatic hydroxyl groups is 3. The molecular weight excluding hydrogens is 380 g/mol. The van der Waals surface area contributed by atoms with E-state index < -0.39 is 6.10 Å². The van der Waals surface area contributed by atoms with Crippen molar-refractivity contribution in [3.05, 3.63) is 12.2 Å². The Bertz CT molecular complexity index is 365. The van der Waals surface area contributed by atoms with Crippen LogP contribution in [0.4, 0.5) is 0 Å². The highest BCUT2D eigenvalue weighted by Gasteiger charge is 2.03. The average Bonchev–Trinajstić information content (AvgIpc) is 2.74. The summed E-state index contributed by atoms with van der Waals surface area (Å²) in [6.07, 6.45) is 21.1. The van der Waals surface area contributed by atoms with Crippen LogP contribution in [0.25, 0.3) is 0 Å². The van der Waals surface area contributed by atoms with Crippen molar-refractivity contribution in [2.45, 2.75) is 117 Å². The first-order valence-corrected chi connectivity index (χ1v) is 12.2. The summed E-state index contributed by atoms with van der Waals surface area (Å²) < 4.78 is 5.17. The molecule has 0 aliphatic carbocycles. The predicted molar refractivity (Wildman–Crippen MR) is 125 cm³/mol. The Hall–Kier alpha value is -0.910. The first kappa shape index (κ1) is 31.3. The third-order valence-corrected chi connectivity index (χ3v) is 4.64. The Morgan fingerprint density at radius 2 is 1.27 bits per heavy atom. The van der Waals surface area contributed by atoms with Gasteiger partial charge in [-0.25, -0.2) is 0 Å². The van der Waals surface area contributed by atoms with E-state index in [0.717, 1.165) is 12.8 Å².